The van der Waals surface area contributed by atoms with Gasteiger partial charge in [-0.05, 0) is 38.8 Å². The SMILES string of the molecule is COc1c(C)cc(C)cc1/C=C/CCC(C)=O. The van der Waals surface area contributed by atoms with E-state index in [0.717, 1.165) is 23.3 Å². The van der Waals surface area contributed by atoms with Gasteiger partial charge in [-0.3, -0.25) is 0 Å². The maximum Gasteiger partial charge on any atom is 0.130 e. The molecule has 0 unspecified atom stereocenters. The molecule has 0 saturated carbocycles. The number of hydrogen-bond donors (Lipinski definition) is 0. The fourth-order valence-electron chi connectivity index (χ4n) is 1.89. The van der Waals surface area contributed by atoms with Gasteiger partial charge in [-0.15, -0.1) is 0 Å². The van der Waals surface area contributed by atoms with Crippen LogP contribution in [0.25, 0.3) is 6.08 Å². The van der Waals surface area contributed by atoms with Crippen molar-refractivity contribution in [3.8, 4) is 5.75 Å². The minimum atomic E-state index is 0.224. The van der Waals surface area contributed by atoms with Gasteiger partial charge >= 0.3 is 0 Å². The Kier molecular flexibility index (Phi) is 4.95. The number of carbonyl (C=O) groups is 1. The summed E-state index contributed by atoms with van der Waals surface area (Å²) in [6.45, 7) is 5.73. The normalized spacial score (nSPS) is 10.8. The molecule has 0 N–H and O–H groups in total. The molecule has 0 heterocycles. The van der Waals surface area contributed by atoms with Crippen LogP contribution in [-0.2, 0) is 4.79 Å². The molecule has 0 radical (unpaired) electrons. The van der Waals surface area contributed by atoms with Crippen LogP contribution in [-0.4, -0.2) is 12.9 Å². The Morgan fingerprint density at radius 1 is 1.35 bits per heavy atom. The highest BCUT2D eigenvalue weighted by Crippen LogP contribution is 2.26. The van der Waals surface area contributed by atoms with Crippen LogP contribution in [0.2, 0.25) is 0 Å². The second-order valence-electron chi connectivity index (χ2n) is 4.35. The van der Waals surface area contributed by atoms with Gasteiger partial charge in [0.1, 0.15) is 11.5 Å². The van der Waals surface area contributed by atoms with Crippen molar-refractivity contribution in [2.75, 3.05) is 7.11 Å². The van der Waals surface area contributed by atoms with E-state index in [1.54, 1.807) is 14.0 Å². The van der Waals surface area contributed by atoms with Crippen molar-refractivity contribution in [3.63, 3.8) is 0 Å². The third-order valence-corrected chi connectivity index (χ3v) is 2.61. The number of ketones is 1. The average molecular weight is 232 g/mol. The van der Waals surface area contributed by atoms with E-state index in [2.05, 4.69) is 19.1 Å². The number of rotatable bonds is 5. The first-order valence-electron chi connectivity index (χ1n) is 5.86. The van der Waals surface area contributed by atoms with Gasteiger partial charge in [-0.25, -0.2) is 0 Å². The van der Waals surface area contributed by atoms with E-state index in [1.807, 2.05) is 19.1 Å². The number of ether oxygens (including phenoxy) is 1. The predicted octanol–water partition coefficient (Wildman–Crippen LogP) is 3.69. The van der Waals surface area contributed by atoms with E-state index in [9.17, 15) is 4.79 Å². The summed E-state index contributed by atoms with van der Waals surface area (Å²) in [5.74, 6) is 1.14. The fourth-order valence-corrected chi connectivity index (χ4v) is 1.89. The molecule has 0 aliphatic heterocycles. The molecule has 17 heavy (non-hydrogen) atoms. The Morgan fingerprint density at radius 2 is 2.06 bits per heavy atom. The monoisotopic (exact) mass is 232 g/mol. The van der Waals surface area contributed by atoms with Crippen LogP contribution in [0.1, 0.15) is 36.5 Å². The molecule has 0 aromatic heterocycles. The van der Waals surface area contributed by atoms with Crippen molar-refractivity contribution in [1.82, 2.24) is 0 Å². The quantitative estimate of drug-likeness (QED) is 0.773. The van der Waals surface area contributed by atoms with Crippen LogP contribution in [0.4, 0.5) is 0 Å². The lowest BCUT2D eigenvalue weighted by Crippen LogP contribution is -1.92. The van der Waals surface area contributed by atoms with Gasteiger partial charge < -0.3 is 9.53 Å². The Bertz CT molecular complexity index is 431. The molecule has 0 aliphatic carbocycles. The van der Waals surface area contributed by atoms with Crippen molar-refractivity contribution < 1.29 is 9.53 Å². The van der Waals surface area contributed by atoms with Crippen molar-refractivity contribution in [3.05, 3.63) is 34.9 Å². The van der Waals surface area contributed by atoms with Crippen LogP contribution in [0.5, 0.6) is 5.75 Å². The predicted molar refractivity (Wildman–Crippen MR) is 71.4 cm³/mol. The molecule has 2 nitrogen and oxygen atoms in total. The molecular formula is C15H20O2. The molecule has 0 amide bonds. The summed E-state index contributed by atoms with van der Waals surface area (Å²) in [5.41, 5.74) is 3.43. The van der Waals surface area contributed by atoms with Crippen molar-refractivity contribution in [2.24, 2.45) is 0 Å². The number of Topliss-reactive ketones (excluding diaryl/α,β-unsaturated/α-hetero) is 1. The summed E-state index contributed by atoms with van der Waals surface area (Å²) < 4.78 is 5.39. The average Bonchev–Trinajstić information content (AvgIpc) is 2.23. The van der Waals surface area contributed by atoms with E-state index >= 15 is 0 Å². The summed E-state index contributed by atoms with van der Waals surface area (Å²) in [6, 6.07) is 4.20. The molecule has 0 spiro atoms. The molecule has 92 valence electrons. The van der Waals surface area contributed by atoms with E-state index in [4.69, 9.17) is 4.74 Å². The fraction of sp³-hybridized carbons (Fsp3) is 0.400. The molecule has 0 atom stereocenters. The van der Waals surface area contributed by atoms with Gasteiger partial charge in [-0.1, -0.05) is 23.8 Å². The molecule has 1 aromatic carbocycles. The summed E-state index contributed by atoms with van der Waals surface area (Å²) in [6.07, 6.45) is 5.44. The van der Waals surface area contributed by atoms with Gasteiger partial charge in [-0.2, -0.15) is 0 Å². The standard InChI is InChI=1S/C15H20O2/c1-11-9-12(2)15(17-4)14(10-11)8-6-5-7-13(3)16/h6,8-10H,5,7H2,1-4H3/b8-6+. The van der Waals surface area contributed by atoms with Crippen LogP contribution in [0.3, 0.4) is 0 Å². The zero-order chi connectivity index (χ0) is 12.8. The van der Waals surface area contributed by atoms with Crippen molar-refractivity contribution in [1.29, 1.82) is 0 Å². The zero-order valence-corrected chi connectivity index (χ0v) is 11.0. The maximum absolute atomic E-state index is 10.8. The number of methoxy groups -OCH3 is 1. The van der Waals surface area contributed by atoms with E-state index in [0.29, 0.717) is 6.42 Å². The second-order valence-corrected chi connectivity index (χ2v) is 4.35. The summed E-state index contributed by atoms with van der Waals surface area (Å²) >= 11 is 0. The Morgan fingerprint density at radius 3 is 2.65 bits per heavy atom. The lowest BCUT2D eigenvalue weighted by atomic mass is 10.0. The molecule has 0 fully saturated rings. The van der Waals surface area contributed by atoms with Crippen LogP contribution < -0.4 is 4.74 Å². The minimum absolute atomic E-state index is 0.224. The lowest BCUT2D eigenvalue weighted by Gasteiger charge is -2.09. The highest BCUT2D eigenvalue weighted by atomic mass is 16.5. The molecule has 2 heteroatoms. The Labute approximate surface area is 103 Å². The summed E-state index contributed by atoms with van der Waals surface area (Å²) in [4.78, 5) is 10.8. The largest absolute Gasteiger partial charge is 0.496 e. The van der Waals surface area contributed by atoms with Crippen LogP contribution >= 0.6 is 0 Å². The molecular weight excluding hydrogens is 212 g/mol. The number of carbonyl (C=O) groups excluding carboxylic acids is 1. The second kappa shape index (κ2) is 6.24. The van der Waals surface area contributed by atoms with Gasteiger partial charge in [0.15, 0.2) is 0 Å². The van der Waals surface area contributed by atoms with E-state index in [1.165, 1.54) is 5.56 Å². The lowest BCUT2D eigenvalue weighted by molar-refractivity contribution is -0.116. The maximum atomic E-state index is 10.8. The van der Waals surface area contributed by atoms with E-state index in [-0.39, 0.29) is 5.78 Å². The third-order valence-electron chi connectivity index (χ3n) is 2.61. The van der Waals surface area contributed by atoms with Crippen molar-refractivity contribution >= 4 is 11.9 Å². The number of benzene rings is 1. The van der Waals surface area contributed by atoms with Crippen LogP contribution in [0, 0.1) is 13.8 Å². The molecule has 1 aromatic rings. The zero-order valence-electron chi connectivity index (χ0n) is 11.0. The number of hydrogen-bond acceptors (Lipinski definition) is 2. The topological polar surface area (TPSA) is 26.3 Å². The first kappa shape index (κ1) is 13.5. The van der Waals surface area contributed by atoms with Crippen molar-refractivity contribution in [2.45, 2.75) is 33.6 Å². The summed E-state index contributed by atoms with van der Waals surface area (Å²) in [5, 5.41) is 0. The molecule has 0 saturated heterocycles. The highest BCUT2D eigenvalue weighted by Gasteiger charge is 2.04. The van der Waals surface area contributed by atoms with E-state index < -0.39 is 0 Å². The third kappa shape index (κ3) is 4.06. The van der Waals surface area contributed by atoms with Gasteiger partial charge in [0, 0.05) is 12.0 Å². The first-order chi connectivity index (χ1) is 8.04. The molecule has 0 bridgehead atoms. The Balaban J connectivity index is 2.85. The van der Waals surface area contributed by atoms with Gasteiger partial charge in [0.2, 0.25) is 0 Å². The highest BCUT2D eigenvalue weighted by molar-refractivity contribution is 5.75. The van der Waals surface area contributed by atoms with Crippen LogP contribution in [0.15, 0.2) is 18.2 Å². The van der Waals surface area contributed by atoms with Gasteiger partial charge in [0.05, 0.1) is 7.11 Å². The Hall–Kier alpha value is -1.57. The summed E-state index contributed by atoms with van der Waals surface area (Å²) in [7, 11) is 1.69. The first-order valence-corrected chi connectivity index (χ1v) is 5.86. The molecule has 1 rings (SSSR count). The minimum Gasteiger partial charge on any atom is -0.496 e. The van der Waals surface area contributed by atoms with Gasteiger partial charge in [0.25, 0.3) is 0 Å². The number of aryl methyl sites for hydroxylation is 2. The number of allylic oxidation sites excluding steroid dienone is 1. The smallest absolute Gasteiger partial charge is 0.130 e. The molecule has 0 aliphatic rings.